The zero-order chi connectivity index (χ0) is 14.8. The molecule has 1 aromatic rings. The minimum atomic E-state index is -0.112. The molecule has 0 fully saturated rings. The standard InChI is InChI=1S/C15H20N2O3/c1-3-17(9-11-20-2)15(19)14-8-7-13(12-16-14)6-4-5-10-18/h7-8,12,18H,3,5,9-11H2,1-2H3. The van der Waals surface area contributed by atoms with Gasteiger partial charge in [-0.3, -0.25) is 4.79 Å². The quantitative estimate of drug-likeness (QED) is 0.785. The number of aliphatic hydroxyl groups is 1. The van der Waals surface area contributed by atoms with Crippen LogP contribution in [-0.4, -0.2) is 54.3 Å². The maximum Gasteiger partial charge on any atom is 0.272 e. The summed E-state index contributed by atoms with van der Waals surface area (Å²) < 4.78 is 4.98. The van der Waals surface area contributed by atoms with E-state index in [1.807, 2.05) is 6.92 Å². The lowest BCUT2D eigenvalue weighted by atomic mass is 10.2. The van der Waals surface area contributed by atoms with Crippen molar-refractivity contribution in [1.29, 1.82) is 0 Å². The zero-order valence-corrected chi connectivity index (χ0v) is 11.9. The lowest BCUT2D eigenvalue weighted by Crippen LogP contribution is -2.34. The molecule has 0 bridgehead atoms. The molecule has 0 aliphatic carbocycles. The van der Waals surface area contributed by atoms with E-state index in [4.69, 9.17) is 9.84 Å². The molecule has 108 valence electrons. The third-order valence-corrected chi connectivity index (χ3v) is 2.69. The first-order valence-corrected chi connectivity index (χ1v) is 6.57. The second kappa shape index (κ2) is 9.08. The van der Waals surface area contributed by atoms with Gasteiger partial charge >= 0.3 is 0 Å². The van der Waals surface area contributed by atoms with Gasteiger partial charge in [-0.2, -0.15) is 0 Å². The number of methoxy groups -OCH3 is 1. The Morgan fingerprint density at radius 3 is 2.85 bits per heavy atom. The Balaban J connectivity index is 2.72. The monoisotopic (exact) mass is 276 g/mol. The number of amides is 1. The molecule has 0 aliphatic heterocycles. The van der Waals surface area contributed by atoms with Crippen LogP contribution in [-0.2, 0) is 4.74 Å². The molecule has 0 aliphatic rings. The van der Waals surface area contributed by atoms with E-state index >= 15 is 0 Å². The Morgan fingerprint density at radius 2 is 2.30 bits per heavy atom. The maximum atomic E-state index is 12.2. The van der Waals surface area contributed by atoms with Crippen LogP contribution in [0.25, 0.3) is 0 Å². The van der Waals surface area contributed by atoms with Crippen molar-refractivity contribution in [2.24, 2.45) is 0 Å². The number of hydrogen-bond donors (Lipinski definition) is 1. The van der Waals surface area contributed by atoms with Crippen molar-refractivity contribution in [3.05, 3.63) is 29.6 Å². The third kappa shape index (κ3) is 5.00. The number of rotatable bonds is 6. The first-order valence-electron chi connectivity index (χ1n) is 6.57. The van der Waals surface area contributed by atoms with Crippen molar-refractivity contribution < 1.29 is 14.6 Å². The van der Waals surface area contributed by atoms with Crippen molar-refractivity contribution in [2.75, 3.05) is 33.4 Å². The van der Waals surface area contributed by atoms with E-state index in [9.17, 15) is 4.79 Å². The van der Waals surface area contributed by atoms with E-state index in [-0.39, 0.29) is 12.5 Å². The summed E-state index contributed by atoms with van der Waals surface area (Å²) in [5.41, 5.74) is 1.13. The second-order valence-electron chi connectivity index (χ2n) is 4.09. The fourth-order valence-corrected chi connectivity index (χ4v) is 1.58. The number of pyridine rings is 1. The molecule has 20 heavy (non-hydrogen) atoms. The average molecular weight is 276 g/mol. The predicted octanol–water partition coefficient (Wildman–Crippen LogP) is 0.924. The van der Waals surface area contributed by atoms with Crippen LogP contribution in [0.1, 0.15) is 29.4 Å². The number of aliphatic hydroxyl groups excluding tert-OH is 1. The minimum Gasteiger partial charge on any atom is -0.395 e. The molecular weight excluding hydrogens is 256 g/mol. The van der Waals surface area contributed by atoms with Gasteiger partial charge < -0.3 is 14.7 Å². The molecule has 0 saturated heterocycles. The lowest BCUT2D eigenvalue weighted by molar-refractivity contribution is 0.0700. The molecule has 0 saturated carbocycles. The summed E-state index contributed by atoms with van der Waals surface area (Å²) in [5.74, 6) is 5.57. The maximum absolute atomic E-state index is 12.2. The van der Waals surface area contributed by atoms with Gasteiger partial charge in [-0.15, -0.1) is 0 Å². The molecule has 5 nitrogen and oxygen atoms in total. The molecule has 0 spiro atoms. The van der Waals surface area contributed by atoms with Crippen LogP contribution in [0.15, 0.2) is 18.3 Å². The van der Waals surface area contributed by atoms with Gasteiger partial charge in [-0.05, 0) is 19.1 Å². The Hall–Kier alpha value is -1.90. The molecule has 0 atom stereocenters. The van der Waals surface area contributed by atoms with Crippen LogP contribution in [0.4, 0.5) is 0 Å². The molecule has 0 unspecified atom stereocenters. The van der Waals surface area contributed by atoms with Crippen LogP contribution in [0.3, 0.4) is 0 Å². The number of aromatic nitrogens is 1. The molecule has 0 radical (unpaired) electrons. The van der Waals surface area contributed by atoms with E-state index in [0.29, 0.717) is 31.8 Å². The van der Waals surface area contributed by atoms with Gasteiger partial charge in [0.2, 0.25) is 0 Å². The Kier molecular flexibility index (Phi) is 7.33. The van der Waals surface area contributed by atoms with Crippen LogP contribution in [0, 0.1) is 11.8 Å². The molecule has 1 rings (SSSR count). The van der Waals surface area contributed by atoms with E-state index < -0.39 is 0 Å². The largest absolute Gasteiger partial charge is 0.395 e. The van der Waals surface area contributed by atoms with Crippen LogP contribution < -0.4 is 0 Å². The molecule has 5 heteroatoms. The fourth-order valence-electron chi connectivity index (χ4n) is 1.58. The average Bonchev–Trinajstić information content (AvgIpc) is 2.49. The summed E-state index contributed by atoms with van der Waals surface area (Å²) in [6, 6.07) is 3.43. The minimum absolute atomic E-state index is 0.0436. The summed E-state index contributed by atoms with van der Waals surface area (Å²) in [6.07, 6.45) is 2.00. The highest BCUT2D eigenvalue weighted by molar-refractivity contribution is 5.92. The molecular formula is C15H20N2O3. The Bertz CT molecular complexity index is 474. The third-order valence-electron chi connectivity index (χ3n) is 2.69. The normalized spacial score (nSPS) is 9.75. The van der Waals surface area contributed by atoms with Crippen LogP contribution in [0.2, 0.25) is 0 Å². The van der Waals surface area contributed by atoms with E-state index in [2.05, 4.69) is 16.8 Å². The molecule has 0 aromatic carbocycles. The van der Waals surface area contributed by atoms with Gasteiger partial charge in [0.1, 0.15) is 5.69 Å². The molecule has 1 heterocycles. The smallest absolute Gasteiger partial charge is 0.272 e. The summed E-state index contributed by atoms with van der Waals surface area (Å²) in [7, 11) is 1.61. The van der Waals surface area contributed by atoms with Gasteiger partial charge in [-0.25, -0.2) is 4.98 Å². The lowest BCUT2D eigenvalue weighted by Gasteiger charge is -2.19. The molecule has 1 N–H and O–H groups in total. The highest BCUT2D eigenvalue weighted by Gasteiger charge is 2.14. The second-order valence-corrected chi connectivity index (χ2v) is 4.09. The number of carbonyl (C=O) groups is 1. The summed E-state index contributed by atoms with van der Waals surface area (Å²) in [4.78, 5) is 18.0. The number of hydrogen-bond acceptors (Lipinski definition) is 4. The van der Waals surface area contributed by atoms with Crippen molar-refractivity contribution in [3.8, 4) is 11.8 Å². The zero-order valence-electron chi connectivity index (χ0n) is 11.9. The van der Waals surface area contributed by atoms with Crippen molar-refractivity contribution >= 4 is 5.91 Å². The molecule has 1 aromatic heterocycles. The Labute approximate surface area is 119 Å². The van der Waals surface area contributed by atoms with E-state index in [1.54, 1.807) is 30.3 Å². The van der Waals surface area contributed by atoms with Gasteiger partial charge in [0.05, 0.1) is 13.2 Å². The van der Waals surface area contributed by atoms with Crippen LogP contribution in [0.5, 0.6) is 0 Å². The number of nitrogens with zero attached hydrogens (tertiary/aromatic N) is 2. The first-order chi connectivity index (χ1) is 9.72. The van der Waals surface area contributed by atoms with Gasteiger partial charge in [0.15, 0.2) is 0 Å². The van der Waals surface area contributed by atoms with Crippen molar-refractivity contribution in [2.45, 2.75) is 13.3 Å². The van der Waals surface area contributed by atoms with Crippen molar-refractivity contribution in [1.82, 2.24) is 9.88 Å². The van der Waals surface area contributed by atoms with E-state index in [0.717, 1.165) is 5.56 Å². The summed E-state index contributed by atoms with van der Waals surface area (Å²) >= 11 is 0. The molecule has 1 amide bonds. The van der Waals surface area contributed by atoms with Crippen LogP contribution >= 0.6 is 0 Å². The Morgan fingerprint density at radius 1 is 1.50 bits per heavy atom. The topological polar surface area (TPSA) is 62.7 Å². The predicted molar refractivity (Wildman–Crippen MR) is 76.3 cm³/mol. The van der Waals surface area contributed by atoms with Gasteiger partial charge in [0.25, 0.3) is 5.91 Å². The van der Waals surface area contributed by atoms with Gasteiger partial charge in [-0.1, -0.05) is 11.8 Å². The summed E-state index contributed by atoms with van der Waals surface area (Å²) in [5, 5.41) is 8.64. The fraction of sp³-hybridized carbons (Fsp3) is 0.467. The van der Waals surface area contributed by atoms with E-state index in [1.165, 1.54) is 0 Å². The highest BCUT2D eigenvalue weighted by Crippen LogP contribution is 2.04. The summed E-state index contributed by atoms with van der Waals surface area (Å²) in [6.45, 7) is 3.63. The number of ether oxygens (including phenoxy) is 1. The SMILES string of the molecule is CCN(CCOC)C(=O)c1ccc(C#CCCO)cn1. The number of likely N-dealkylation sites (N-methyl/N-ethyl adjacent to an activating group) is 1. The van der Waals surface area contributed by atoms with Crippen molar-refractivity contribution in [3.63, 3.8) is 0 Å². The number of carbonyl (C=O) groups excluding carboxylic acids is 1. The highest BCUT2D eigenvalue weighted by atomic mass is 16.5. The first kappa shape index (κ1) is 16.2. The van der Waals surface area contributed by atoms with Gasteiger partial charge in [0, 0.05) is 38.4 Å².